The van der Waals surface area contributed by atoms with Crippen LogP contribution in [0.4, 0.5) is 5.69 Å². The van der Waals surface area contributed by atoms with Gasteiger partial charge in [0.1, 0.15) is 11.6 Å². The highest BCUT2D eigenvalue weighted by Gasteiger charge is 2.25. The van der Waals surface area contributed by atoms with E-state index >= 15 is 0 Å². The Kier molecular flexibility index (Phi) is 6.48. The fourth-order valence-corrected chi connectivity index (χ4v) is 5.91. The summed E-state index contributed by atoms with van der Waals surface area (Å²) in [6.45, 7) is 4.06. The fraction of sp³-hybridized carbons (Fsp3) is 0.360. The van der Waals surface area contributed by atoms with Gasteiger partial charge in [-0.05, 0) is 56.5 Å². The number of hydrogen-bond donors (Lipinski definition) is 2. The molecule has 1 aliphatic rings. The van der Waals surface area contributed by atoms with E-state index in [0.29, 0.717) is 40.4 Å². The minimum atomic E-state index is -3.71. The van der Waals surface area contributed by atoms with E-state index in [1.165, 1.54) is 6.20 Å². The average molecular weight is 509 g/mol. The molecule has 3 aromatic heterocycles. The number of nitrogens with one attached hydrogen (secondary N) is 2. The van der Waals surface area contributed by atoms with Crippen molar-refractivity contribution in [3.8, 4) is 17.1 Å². The number of rotatable bonds is 8. The Morgan fingerprint density at radius 2 is 2.03 bits per heavy atom. The molecular formula is C25H28N6O4S. The molecule has 10 nitrogen and oxygen atoms in total. The van der Waals surface area contributed by atoms with E-state index in [2.05, 4.69) is 19.7 Å². The quantitative estimate of drug-likeness (QED) is 0.370. The number of hydrogen-bond acceptors (Lipinski definition) is 7. The van der Waals surface area contributed by atoms with Crippen molar-refractivity contribution in [3.05, 3.63) is 70.2 Å². The molecule has 0 unspecified atom stereocenters. The molecule has 0 bridgehead atoms. The minimum Gasteiger partial charge on any atom is -0.493 e. The summed E-state index contributed by atoms with van der Waals surface area (Å²) in [5, 5.41) is 4.75. The van der Waals surface area contributed by atoms with Crippen LogP contribution in [0.5, 0.6) is 5.75 Å². The molecule has 188 valence electrons. The summed E-state index contributed by atoms with van der Waals surface area (Å²) in [5.41, 5.74) is 2.13. The van der Waals surface area contributed by atoms with Crippen LogP contribution in [0.25, 0.3) is 16.9 Å². The van der Waals surface area contributed by atoms with E-state index in [9.17, 15) is 13.2 Å². The van der Waals surface area contributed by atoms with Gasteiger partial charge in [0.05, 0.1) is 23.6 Å². The van der Waals surface area contributed by atoms with Gasteiger partial charge in [0, 0.05) is 24.0 Å². The first-order chi connectivity index (χ1) is 17.3. The topological polar surface area (TPSA) is 131 Å². The number of pyridine rings is 1. The van der Waals surface area contributed by atoms with Gasteiger partial charge in [-0.25, -0.2) is 17.9 Å². The molecule has 3 heterocycles. The average Bonchev–Trinajstić information content (AvgIpc) is 3.48. The summed E-state index contributed by atoms with van der Waals surface area (Å²) in [5.74, 6) is 1.59. The molecule has 1 aromatic carbocycles. The number of benzene rings is 1. The Balaban J connectivity index is 1.56. The number of aryl methyl sites for hydroxylation is 1. The maximum atomic E-state index is 13.1. The smallest absolute Gasteiger partial charge is 0.277 e. The summed E-state index contributed by atoms with van der Waals surface area (Å²) in [6, 6.07) is 8.30. The number of aromatic amines is 1. The van der Waals surface area contributed by atoms with E-state index in [1.807, 2.05) is 13.8 Å². The third kappa shape index (κ3) is 4.83. The normalized spacial score (nSPS) is 14.4. The highest BCUT2D eigenvalue weighted by Crippen LogP contribution is 2.35. The number of imidazole rings is 1. The van der Waals surface area contributed by atoms with Crippen molar-refractivity contribution in [2.45, 2.75) is 51.2 Å². The first kappa shape index (κ1) is 24.0. The zero-order valence-corrected chi connectivity index (χ0v) is 21.0. The van der Waals surface area contributed by atoms with E-state index in [4.69, 9.17) is 9.84 Å². The van der Waals surface area contributed by atoms with Crippen LogP contribution in [0, 0.1) is 6.92 Å². The zero-order valence-electron chi connectivity index (χ0n) is 20.2. The Morgan fingerprint density at radius 1 is 1.22 bits per heavy atom. The van der Waals surface area contributed by atoms with Crippen LogP contribution in [0.1, 0.15) is 55.6 Å². The van der Waals surface area contributed by atoms with Gasteiger partial charge in [0.25, 0.3) is 5.56 Å². The van der Waals surface area contributed by atoms with Gasteiger partial charge in [0.2, 0.25) is 10.0 Å². The second-order valence-electron chi connectivity index (χ2n) is 8.97. The number of anilines is 1. The highest BCUT2D eigenvalue weighted by atomic mass is 32.2. The molecule has 1 aliphatic carbocycles. The molecule has 0 radical (unpaired) electrons. The summed E-state index contributed by atoms with van der Waals surface area (Å²) < 4.78 is 35.6. The van der Waals surface area contributed by atoms with E-state index in [-0.39, 0.29) is 23.1 Å². The third-order valence-electron chi connectivity index (χ3n) is 6.31. The lowest BCUT2D eigenvalue weighted by atomic mass is 10.1. The van der Waals surface area contributed by atoms with Crippen LogP contribution in [0.3, 0.4) is 0 Å². The van der Waals surface area contributed by atoms with Crippen molar-refractivity contribution in [2.24, 2.45) is 0 Å². The molecule has 0 atom stereocenters. The lowest BCUT2D eigenvalue weighted by molar-refractivity contribution is 0.341. The fourth-order valence-electron chi connectivity index (χ4n) is 4.74. The van der Waals surface area contributed by atoms with Crippen LogP contribution in [-0.2, 0) is 15.8 Å². The molecule has 11 heteroatoms. The van der Waals surface area contributed by atoms with Gasteiger partial charge in [-0.3, -0.25) is 14.5 Å². The summed E-state index contributed by atoms with van der Waals surface area (Å²) in [7, 11) is -3.71. The van der Waals surface area contributed by atoms with Gasteiger partial charge in [-0.15, -0.1) is 5.10 Å². The lowest BCUT2D eigenvalue weighted by Crippen LogP contribution is -2.17. The molecular weight excluding hydrogens is 480 g/mol. The van der Waals surface area contributed by atoms with Crippen LogP contribution < -0.4 is 15.0 Å². The monoisotopic (exact) mass is 508 g/mol. The predicted molar refractivity (Wildman–Crippen MR) is 137 cm³/mol. The zero-order chi connectivity index (χ0) is 25.3. The van der Waals surface area contributed by atoms with Crippen molar-refractivity contribution in [1.29, 1.82) is 0 Å². The molecule has 2 N–H and O–H groups in total. The molecule has 0 saturated heterocycles. The molecule has 1 fully saturated rings. The summed E-state index contributed by atoms with van der Waals surface area (Å²) >= 11 is 0. The summed E-state index contributed by atoms with van der Waals surface area (Å²) in [4.78, 5) is 24.6. The van der Waals surface area contributed by atoms with Crippen LogP contribution in [-0.4, -0.2) is 39.6 Å². The number of fused-ring (bicyclic) bond motifs is 1. The Labute approximate surface area is 208 Å². The van der Waals surface area contributed by atoms with Crippen LogP contribution in [0.2, 0.25) is 0 Å². The largest absolute Gasteiger partial charge is 0.493 e. The minimum absolute atomic E-state index is 0.219. The van der Waals surface area contributed by atoms with Gasteiger partial charge >= 0.3 is 0 Å². The van der Waals surface area contributed by atoms with Crippen molar-refractivity contribution >= 4 is 21.2 Å². The highest BCUT2D eigenvalue weighted by molar-refractivity contribution is 7.91. The second kappa shape index (κ2) is 9.73. The van der Waals surface area contributed by atoms with Crippen LogP contribution in [0.15, 0.2) is 47.5 Å². The predicted octanol–water partition coefficient (Wildman–Crippen LogP) is 3.79. The Morgan fingerprint density at radius 3 is 2.75 bits per heavy atom. The Hall–Kier alpha value is -3.73. The first-order valence-electron chi connectivity index (χ1n) is 12.0. The van der Waals surface area contributed by atoms with E-state index in [0.717, 1.165) is 31.5 Å². The number of aromatic nitrogens is 5. The van der Waals surface area contributed by atoms with E-state index in [1.54, 1.807) is 41.0 Å². The SMILES string of the molecule is CCOc1ccc(NS(=O)(=O)Cc2cccnc2)cc1-c1nn2c(C3CCCC3)nc(C)c2c(=O)[nH]1. The van der Waals surface area contributed by atoms with Gasteiger partial charge in [-0.2, -0.15) is 0 Å². The van der Waals surface area contributed by atoms with Crippen molar-refractivity contribution in [2.75, 3.05) is 11.3 Å². The molecule has 5 rings (SSSR count). The molecule has 0 aliphatic heterocycles. The molecule has 0 amide bonds. The van der Waals surface area contributed by atoms with Crippen molar-refractivity contribution in [1.82, 2.24) is 24.6 Å². The maximum Gasteiger partial charge on any atom is 0.277 e. The standard InChI is InChI=1S/C25H28N6O4S/c1-3-35-21-11-10-19(30-36(33,34)15-17-7-6-12-26-14-17)13-20(21)23-28-25(32)22-16(2)27-24(31(22)29-23)18-8-4-5-9-18/h6-7,10-14,18,30H,3-5,8-9,15H2,1-2H3,(H,28,29,32). The summed E-state index contributed by atoms with van der Waals surface area (Å²) in [6.07, 6.45) is 7.39. The molecule has 4 aromatic rings. The first-order valence-corrected chi connectivity index (χ1v) is 13.7. The Bertz CT molecular complexity index is 1560. The van der Waals surface area contributed by atoms with Crippen molar-refractivity contribution < 1.29 is 13.2 Å². The van der Waals surface area contributed by atoms with Gasteiger partial charge in [-0.1, -0.05) is 18.9 Å². The molecule has 0 spiro atoms. The van der Waals surface area contributed by atoms with Crippen molar-refractivity contribution in [3.63, 3.8) is 0 Å². The maximum absolute atomic E-state index is 13.1. The lowest BCUT2D eigenvalue weighted by Gasteiger charge is -2.14. The molecule has 1 saturated carbocycles. The molecule has 36 heavy (non-hydrogen) atoms. The van der Waals surface area contributed by atoms with Gasteiger partial charge < -0.3 is 9.72 Å². The second-order valence-corrected chi connectivity index (χ2v) is 10.7. The number of sulfonamides is 1. The van der Waals surface area contributed by atoms with E-state index < -0.39 is 10.0 Å². The third-order valence-corrected chi connectivity index (χ3v) is 7.57. The number of ether oxygens (including phenoxy) is 1. The van der Waals surface area contributed by atoms with Gasteiger partial charge in [0.15, 0.2) is 11.3 Å². The number of H-pyrrole nitrogens is 1. The number of nitrogens with zero attached hydrogens (tertiary/aromatic N) is 4. The van der Waals surface area contributed by atoms with Crippen LogP contribution >= 0.6 is 0 Å².